The van der Waals surface area contributed by atoms with Gasteiger partial charge in [-0.15, -0.1) is 0 Å². The van der Waals surface area contributed by atoms with Gasteiger partial charge in [0.2, 0.25) is 0 Å². The summed E-state index contributed by atoms with van der Waals surface area (Å²) in [6.07, 6.45) is 0. The maximum absolute atomic E-state index is 4.56. The van der Waals surface area contributed by atoms with Gasteiger partial charge < -0.3 is 5.48 Å². The van der Waals surface area contributed by atoms with Crippen molar-refractivity contribution >= 4 is 9.39 Å². The topological polar surface area (TPSA) is 69.5 Å². The molecule has 1 atom stereocenters. The highest BCUT2D eigenvalue weighted by molar-refractivity contribution is 7.13. The molecule has 0 aliphatic heterocycles. The Kier molecular flexibility index (Phi) is 22.8. The molecule has 0 aliphatic carbocycles. The Hall–Kier alpha value is 0.310. The molecule has 0 aromatic rings. The third-order valence-corrected chi connectivity index (χ3v) is 0. The maximum Gasteiger partial charge on any atom is -0.0525 e. The predicted octanol–water partition coefficient (Wildman–Crippen LogP) is -1.58. The Morgan fingerprint density at radius 1 is 1.75 bits per heavy atom. The van der Waals surface area contributed by atoms with Gasteiger partial charge in [-0.1, -0.05) is 9.39 Å². The maximum atomic E-state index is 4.56. The zero-order chi connectivity index (χ0) is 2.71. The highest BCUT2D eigenvalue weighted by Gasteiger charge is 1.22. The molecule has 0 saturated carbocycles. The normalized spacial score (nSPS) is 4.50. The molecule has 1 unspecified atom stereocenters. The van der Waals surface area contributed by atoms with Crippen molar-refractivity contribution in [2.24, 2.45) is 5.84 Å². The van der Waals surface area contributed by atoms with Crippen LogP contribution in [-0.4, -0.2) is 5.48 Å². The largest absolute Gasteiger partial charge is 0.412 e. The van der Waals surface area contributed by atoms with Crippen LogP contribution in [0.5, 0.6) is 0 Å². The van der Waals surface area contributed by atoms with E-state index >= 15 is 0 Å². The van der Waals surface area contributed by atoms with Crippen LogP contribution in [0.4, 0.5) is 0 Å². The van der Waals surface area contributed by atoms with Crippen molar-refractivity contribution in [3.63, 3.8) is 0 Å². The zero-order valence-corrected chi connectivity index (χ0v) is 3.31. The van der Waals surface area contributed by atoms with E-state index in [0.29, 0.717) is 0 Å². The minimum absolute atomic E-state index is 0. The first-order chi connectivity index (χ1) is 1.41. The van der Waals surface area contributed by atoms with Crippen molar-refractivity contribution in [1.82, 2.24) is 5.20 Å². The molecule has 0 bridgehead atoms. The lowest BCUT2D eigenvalue weighted by Crippen LogP contribution is -2.04. The second kappa shape index (κ2) is 10.3. The fraction of sp³-hybridized carbons (Fsp3) is 0. The van der Waals surface area contributed by atoms with Crippen molar-refractivity contribution in [3.05, 3.63) is 0 Å². The highest BCUT2D eigenvalue weighted by Crippen LogP contribution is 1.44. The Labute approximate surface area is 27.1 Å². The molecular formula is H7N2OP. The summed E-state index contributed by atoms with van der Waals surface area (Å²) < 4.78 is 0. The Bertz CT molecular complexity index is 6.00. The van der Waals surface area contributed by atoms with Gasteiger partial charge in [0, 0.05) is 0 Å². The third kappa shape index (κ3) is 41.3. The lowest BCUT2D eigenvalue weighted by atomic mass is 13.0. The molecule has 0 spiro atoms. The average molecular weight is 82.0 g/mol. The van der Waals surface area contributed by atoms with Crippen LogP contribution in [0.25, 0.3) is 0 Å². The minimum atomic E-state index is 0. The molecule has 0 heterocycles. The number of rotatable bonds is 0. The summed E-state index contributed by atoms with van der Waals surface area (Å²) in [6, 6.07) is 0. The van der Waals surface area contributed by atoms with Crippen LogP contribution < -0.4 is 11.0 Å². The van der Waals surface area contributed by atoms with Gasteiger partial charge in [-0.05, 0) is 0 Å². The van der Waals surface area contributed by atoms with Crippen LogP contribution in [0.2, 0.25) is 0 Å². The van der Waals surface area contributed by atoms with E-state index in [1.165, 1.54) is 0 Å². The molecule has 3 nitrogen and oxygen atoms in total. The number of nitrogens with one attached hydrogen (secondary N) is 1. The van der Waals surface area contributed by atoms with Crippen LogP contribution in [0.15, 0.2) is 0 Å². The molecule has 0 fully saturated rings. The van der Waals surface area contributed by atoms with Crippen molar-refractivity contribution < 1.29 is 5.48 Å². The third-order valence-electron chi connectivity index (χ3n) is 0. The Morgan fingerprint density at radius 3 is 1.75 bits per heavy atom. The van der Waals surface area contributed by atoms with E-state index < -0.39 is 0 Å². The predicted molar refractivity (Wildman–Crippen MR) is 20.6 cm³/mol. The Balaban J connectivity index is 0. The second-order valence-electron chi connectivity index (χ2n) is 0.167. The van der Waals surface area contributed by atoms with Gasteiger partial charge in [0.1, 0.15) is 0 Å². The van der Waals surface area contributed by atoms with E-state index in [0.717, 1.165) is 0 Å². The number of hydrogen-bond acceptors (Lipinski definition) is 2. The van der Waals surface area contributed by atoms with Crippen molar-refractivity contribution in [1.29, 1.82) is 0 Å². The minimum Gasteiger partial charge on any atom is -0.412 e. The van der Waals surface area contributed by atoms with Gasteiger partial charge in [-0.3, -0.25) is 5.84 Å². The number of hydrazine groups is 1. The average Bonchev–Trinajstić information content (AvgIpc) is 0.918. The molecule has 0 radical (unpaired) electrons. The smallest absolute Gasteiger partial charge is 0.0525 e. The van der Waals surface area contributed by atoms with Gasteiger partial charge in [0.25, 0.3) is 0 Å². The first kappa shape index (κ1) is 8.85. The van der Waals surface area contributed by atoms with Crippen molar-refractivity contribution in [2.45, 2.75) is 0 Å². The van der Waals surface area contributed by atoms with Crippen LogP contribution in [0, 0.1) is 0 Å². The standard InChI is InChI=1S/H5N2P.H2O/c1-2-3;/h2H,1,3H2;1H2. The molecule has 0 aliphatic rings. The molecule has 0 aromatic carbocycles. The highest BCUT2D eigenvalue weighted by atomic mass is 31.0. The second-order valence-corrected chi connectivity index (χ2v) is 0.500. The van der Waals surface area contributed by atoms with Crippen LogP contribution in [0.3, 0.4) is 0 Å². The molecule has 0 rings (SSSR count). The van der Waals surface area contributed by atoms with Crippen LogP contribution in [-0.2, 0) is 0 Å². The van der Waals surface area contributed by atoms with E-state index in [4.69, 9.17) is 0 Å². The van der Waals surface area contributed by atoms with E-state index in [2.05, 4.69) is 20.4 Å². The summed E-state index contributed by atoms with van der Waals surface area (Å²) in [5.41, 5.74) is 0. The summed E-state index contributed by atoms with van der Waals surface area (Å²) in [4.78, 5) is 0. The molecular weight excluding hydrogens is 75.0 g/mol. The fourth-order valence-corrected chi connectivity index (χ4v) is 0. The van der Waals surface area contributed by atoms with Crippen LogP contribution >= 0.6 is 9.39 Å². The fourth-order valence-electron chi connectivity index (χ4n) is 0. The van der Waals surface area contributed by atoms with Gasteiger partial charge in [0.05, 0.1) is 0 Å². The monoisotopic (exact) mass is 82.0 g/mol. The van der Waals surface area contributed by atoms with Crippen molar-refractivity contribution in [2.75, 3.05) is 0 Å². The summed E-state index contributed by atoms with van der Waals surface area (Å²) >= 11 is 0. The van der Waals surface area contributed by atoms with Gasteiger partial charge >= 0.3 is 0 Å². The zero-order valence-electron chi connectivity index (χ0n) is 2.15. The summed E-state index contributed by atoms with van der Waals surface area (Å²) in [5, 5.41) is 2.17. The van der Waals surface area contributed by atoms with Crippen molar-refractivity contribution in [3.8, 4) is 0 Å². The molecule has 4 heteroatoms. The quantitative estimate of drug-likeness (QED) is 0.210. The van der Waals surface area contributed by atoms with Gasteiger partial charge in [-0.2, -0.15) is 0 Å². The molecule has 0 amide bonds. The van der Waals surface area contributed by atoms with E-state index in [9.17, 15) is 0 Å². The van der Waals surface area contributed by atoms with Gasteiger partial charge in [-0.25, -0.2) is 5.20 Å². The summed E-state index contributed by atoms with van der Waals surface area (Å²) in [7, 11) is 2.11. The lowest BCUT2D eigenvalue weighted by molar-refractivity contribution is 0.824. The Morgan fingerprint density at radius 2 is 1.75 bits per heavy atom. The SMILES string of the molecule is NNP.O. The first-order valence-electron chi connectivity index (χ1n) is 0.577. The number of hydrogen-bond donors (Lipinski definition) is 2. The van der Waals surface area contributed by atoms with E-state index in [1.807, 2.05) is 0 Å². The molecule has 28 valence electrons. The summed E-state index contributed by atoms with van der Waals surface area (Å²) in [6.45, 7) is 0. The number of nitrogens with two attached hydrogens (primary N) is 1. The van der Waals surface area contributed by atoms with Crippen LogP contribution in [0.1, 0.15) is 0 Å². The summed E-state index contributed by atoms with van der Waals surface area (Å²) in [5.74, 6) is 4.56. The first-order valence-corrected chi connectivity index (χ1v) is 1.15. The molecule has 5 N–H and O–H groups in total. The molecule has 0 aromatic heterocycles. The van der Waals surface area contributed by atoms with Gasteiger partial charge in [0.15, 0.2) is 0 Å². The molecule has 4 heavy (non-hydrogen) atoms. The van der Waals surface area contributed by atoms with E-state index in [1.54, 1.807) is 0 Å². The molecule has 0 saturated heterocycles. The lowest BCUT2D eigenvalue weighted by Gasteiger charge is -1.62. The van der Waals surface area contributed by atoms with E-state index in [-0.39, 0.29) is 5.48 Å².